The number of carbonyl (C=O) groups is 2. The number of H-pyrrole nitrogens is 1. The van der Waals surface area contributed by atoms with E-state index in [4.69, 9.17) is 9.47 Å². The summed E-state index contributed by atoms with van der Waals surface area (Å²) in [6.07, 6.45) is 0.943. The van der Waals surface area contributed by atoms with E-state index in [1.165, 1.54) is 7.11 Å². The summed E-state index contributed by atoms with van der Waals surface area (Å²) in [6, 6.07) is 8.03. The number of hydrogen-bond donors (Lipinski definition) is 2. The third-order valence-electron chi connectivity index (χ3n) is 4.67. The number of para-hydroxylation sites is 1. The molecule has 1 aliphatic rings. The molecule has 2 aromatic rings. The van der Waals surface area contributed by atoms with Gasteiger partial charge in [0.15, 0.2) is 0 Å². The molecule has 6 heteroatoms. The Kier molecular flexibility index (Phi) is 4.80. The van der Waals surface area contributed by atoms with Gasteiger partial charge >= 0.3 is 11.9 Å². The van der Waals surface area contributed by atoms with Crippen LogP contribution in [0.1, 0.15) is 44.9 Å². The van der Waals surface area contributed by atoms with Crippen LogP contribution in [-0.4, -0.2) is 36.2 Å². The van der Waals surface area contributed by atoms with Crippen LogP contribution in [0, 0.1) is 0 Å². The number of benzene rings is 1. The maximum absolute atomic E-state index is 12.6. The zero-order chi connectivity index (χ0) is 18.9. The number of ether oxygens (including phenoxy) is 2. The molecule has 1 aromatic heterocycles. The molecule has 1 aromatic carbocycles. The second-order valence-corrected chi connectivity index (χ2v) is 7.80. The summed E-state index contributed by atoms with van der Waals surface area (Å²) in [5, 5.41) is 4.53. The minimum atomic E-state index is -0.859. The maximum Gasteiger partial charge on any atom is 0.308 e. The molecule has 1 unspecified atom stereocenters. The first-order valence-electron chi connectivity index (χ1n) is 8.88. The zero-order valence-electron chi connectivity index (χ0n) is 15.8. The highest BCUT2D eigenvalue weighted by Crippen LogP contribution is 2.38. The molecule has 0 spiro atoms. The van der Waals surface area contributed by atoms with Crippen LogP contribution < -0.4 is 5.32 Å². The molecule has 0 radical (unpaired) electrons. The molecular weight excluding hydrogens is 332 g/mol. The molecule has 0 amide bonds. The van der Waals surface area contributed by atoms with Crippen molar-refractivity contribution in [3.8, 4) is 0 Å². The largest absolute Gasteiger partial charge is 0.469 e. The fraction of sp³-hybridized carbons (Fsp3) is 0.500. The van der Waals surface area contributed by atoms with Crippen LogP contribution >= 0.6 is 0 Å². The van der Waals surface area contributed by atoms with E-state index in [1.807, 2.05) is 39.0 Å². The third kappa shape index (κ3) is 3.60. The average molecular weight is 358 g/mol. The first kappa shape index (κ1) is 18.5. The number of methoxy groups -OCH3 is 1. The van der Waals surface area contributed by atoms with Gasteiger partial charge in [0.25, 0.3) is 0 Å². The predicted octanol–water partition coefficient (Wildman–Crippen LogP) is 2.80. The van der Waals surface area contributed by atoms with Crippen molar-refractivity contribution in [2.24, 2.45) is 0 Å². The zero-order valence-corrected chi connectivity index (χ0v) is 15.8. The number of aromatic amines is 1. The summed E-state index contributed by atoms with van der Waals surface area (Å²) in [5.41, 5.74) is 1.58. The normalized spacial score (nSPS) is 19.8. The number of rotatable bonds is 4. The van der Waals surface area contributed by atoms with E-state index in [2.05, 4.69) is 16.4 Å². The van der Waals surface area contributed by atoms with E-state index < -0.39 is 11.1 Å². The molecule has 2 heterocycles. The van der Waals surface area contributed by atoms with Gasteiger partial charge in [0.2, 0.25) is 0 Å². The summed E-state index contributed by atoms with van der Waals surface area (Å²) in [7, 11) is 1.36. The third-order valence-corrected chi connectivity index (χ3v) is 4.67. The Morgan fingerprint density at radius 2 is 1.85 bits per heavy atom. The van der Waals surface area contributed by atoms with Crippen LogP contribution in [-0.2, 0) is 31.0 Å². The van der Waals surface area contributed by atoms with E-state index in [9.17, 15) is 9.59 Å². The number of esters is 2. The monoisotopic (exact) mass is 358 g/mol. The molecule has 0 aliphatic carbocycles. The number of hydrogen-bond acceptors (Lipinski definition) is 5. The van der Waals surface area contributed by atoms with Gasteiger partial charge in [0.1, 0.15) is 5.60 Å². The summed E-state index contributed by atoms with van der Waals surface area (Å²) < 4.78 is 10.4. The Morgan fingerprint density at radius 1 is 1.15 bits per heavy atom. The fourth-order valence-corrected chi connectivity index (χ4v) is 3.69. The Bertz CT molecular complexity index is 834. The van der Waals surface area contributed by atoms with Crippen molar-refractivity contribution in [2.75, 3.05) is 13.7 Å². The number of fused-ring (bicyclic) bond motifs is 3. The molecule has 0 saturated heterocycles. The van der Waals surface area contributed by atoms with Crippen LogP contribution in [0.4, 0.5) is 0 Å². The highest BCUT2D eigenvalue weighted by Gasteiger charge is 2.43. The molecule has 1 aliphatic heterocycles. The van der Waals surface area contributed by atoms with Crippen LogP contribution in [0.2, 0.25) is 0 Å². The van der Waals surface area contributed by atoms with Gasteiger partial charge in [-0.2, -0.15) is 0 Å². The molecule has 140 valence electrons. The topological polar surface area (TPSA) is 80.4 Å². The summed E-state index contributed by atoms with van der Waals surface area (Å²) >= 11 is 0. The highest BCUT2D eigenvalue weighted by atomic mass is 16.6. The number of carbonyl (C=O) groups excluding carboxylic acids is 2. The van der Waals surface area contributed by atoms with E-state index in [1.54, 1.807) is 0 Å². The van der Waals surface area contributed by atoms with Crippen LogP contribution in [0.25, 0.3) is 10.9 Å². The van der Waals surface area contributed by atoms with Crippen molar-refractivity contribution in [3.05, 3.63) is 35.5 Å². The molecule has 6 nitrogen and oxygen atoms in total. The minimum absolute atomic E-state index is 0.0548. The standard InChI is InChI=1S/C20H26N2O4/c1-19(2,3)26-17(24)12-20(11-16(23)25-4)18-14(9-10-21-20)13-7-5-6-8-15(13)22-18/h5-8,21-22H,9-12H2,1-4H3. The molecule has 0 fully saturated rings. The molecule has 1 atom stereocenters. The quantitative estimate of drug-likeness (QED) is 0.822. The highest BCUT2D eigenvalue weighted by molar-refractivity contribution is 5.86. The molecule has 0 bridgehead atoms. The maximum atomic E-state index is 12.6. The van der Waals surface area contributed by atoms with E-state index >= 15 is 0 Å². The van der Waals surface area contributed by atoms with Gasteiger partial charge in [-0.3, -0.25) is 9.59 Å². The molecular formula is C20H26N2O4. The van der Waals surface area contributed by atoms with Gasteiger partial charge in [0.05, 0.1) is 25.5 Å². The van der Waals surface area contributed by atoms with Crippen molar-refractivity contribution in [2.45, 2.75) is 51.2 Å². The van der Waals surface area contributed by atoms with Crippen molar-refractivity contribution in [1.29, 1.82) is 0 Å². The first-order valence-corrected chi connectivity index (χ1v) is 8.88. The lowest BCUT2D eigenvalue weighted by Gasteiger charge is -2.37. The van der Waals surface area contributed by atoms with Crippen LogP contribution in [0.15, 0.2) is 24.3 Å². The lowest BCUT2D eigenvalue weighted by molar-refractivity contribution is -0.157. The van der Waals surface area contributed by atoms with Crippen molar-refractivity contribution in [3.63, 3.8) is 0 Å². The van der Waals surface area contributed by atoms with Crippen LogP contribution in [0.3, 0.4) is 0 Å². The van der Waals surface area contributed by atoms with Crippen molar-refractivity contribution in [1.82, 2.24) is 10.3 Å². The lowest BCUT2D eigenvalue weighted by atomic mass is 9.81. The number of nitrogens with one attached hydrogen (secondary N) is 2. The molecule has 26 heavy (non-hydrogen) atoms. The molecule has 2 N–H and O–H groups in total. The Hall–Kier alpha value is -2.34. The van der Waals surface area contributed by atoms with Gasteiger partial charge in [-0.1, -0.05) is 18.2 Å². The number of aromatic nitrogens is 1. The van der Waals surface area contributed by atoms with Gasteiger partial charge in [0, 0.05) is 23.1 Å². The molecule has 3 rings (SSSR count). The first-order chi connectivity index (χ1) is 12.2. The van der Waals surface area contributed by atoms with Crippen LogP contribution in [0.5, 0.6) is 0 Å². The predicted molar refractivity (Wildman–Crippen MR) is 98.8 cm³/mol. The lowest BCUT2D eigenvalue weighted by Crippen LogP contribution is -2.51. The second-order valence-electron chi connectivity index (χ2n) is 7.80. The van der Waals surface area contributed by atoms with Gasteiger partial charge in [-0.25, -0.2) is 0 Å². The van der Waals surface area contributed by atoms with Crippen molar-refractivity contribution < 1.29 is 19.1 Å². The Labute approximate surface area is 153 Å². The van der Waals surface area contributed by atoms with E-state index in [0.29, 0.717) is 6.54 Å². The average Bonchev–Trinajstić information content (AvgIpc) is 2.93. The molecule has 0 saturated carbocycles. The SMILES string of the molecule is COC(=O)CC1(CC(=O)OC(C)(C)C)NCCc2c1[nH]c1ccccc21. The smallest absolute Gasteiger partial charge is 0.308 e. The van der Waals surface area contributed by atoms with Crippen molar-refractivity contribution >= 4 is 22.8 Å². The van der Waals surface area contributed by atoms with Gasteiger partial charge in [-0.15, -0.1) is 0 Å². The second kappa shape index (κ2) is 6.76. The van der Waals surface area contributed by atoms with Gasteiger partial charge < -0.3 is 19.8 Å². The Morgan fingerprint density at radius 3 is 2.54 bits per heavy atom. The summed E-state index contributed by atoms with van der Waals surface area (Å²) in [5.74, 6) is -0.715. The van der Waals surface area contributed by atoms with E-state index in [0.717, 1.165) is 28.6 Å². The fourth-order valence-electron chi connectivity index (χ4n) is 3.69. The summed E-state index contributed by atoms with van der Waals surface area (Å²) in [4.78, 5) is 28.2. The summed E-state index contributed by atoms with van der Waals surface area (Å²) in [6.45, 7) is 6.18. The van der Waals surface area contributed by atoms with E-state index in [-0.39, 0.29) is 24.8 Å². The minimum Gasteiger partial charge on any atom is -0.469 e. The van der Waals surface area contributed by atoms with Gasteiger partial charge in [-0.05, 0) is 38.8 Å². The Balaban J connectivity index is 2.05.